The maximum atomic E-state index is 11.4. The highest BCUT2D eigenvalue weighted by atomic mass is 16.6. The SMILES string of the molecule is CC(C)(C)OC(=O)CC#CCNC(=O)OCc1ccccc1. The average molecular weight is 303 g/mol. The number of alkyl carbamates (subject to hydrolysis) is 1. The van der Waals surface area contributed by atoms with Crippen molar-refractivity contribution in [3.8, 4) is 11.8 Å². The van der Waals surface area contributed by atoms with Crippen molar-refractivity contribution in [3.63, 3.8) is 0 Å². The molecule has 0 bridgehead atoms. The van der Waals surface area contributed by atoms with Gasteiger partial charge in [-0.15, -0.1) is 0 Å². The molecule has 1 aromatic carbocycles. The molecule has 0 aliphatic heterocycles. The maximum absolute atomic E-state index is 11.4. The van der Waals surface area contributed by atoms with Crippen LogP contribution in [0.1, 0.15) is 32.8 Å². The Hall–Kier alpha value is -2.48. The number of nitrogens with one attached hydrogen (secondary N) is 1. The summed E-state index contributed by atoms with van der Waals surface area (Å²) < 4.78 is 10.1. The van der Waals surface area contributed by atoms with Gasteiger partial charge < -0.3 is 14.8 Å². The lowest BCUT2D eigenvalue weighted by atomic mass is 10.2. The zero-order chi connectivity index (χ0) is 16.4. The molecule has 5 heteroatoms. The highest BCUT2D eigenvalue weighted by Gasteiger charge is 2.14. The largest absolute Gasteiger partial charge is 0.459 e. The van der Waals surface area contributed by atoms with E-state index in [1.165, 1.54) is 0 Å². The summed E-state index contributed by atoms with van der Waals surface area (Å²) in [6.07, 6.45) is -0.548. The fraction of sp³-hybridized carbons (Fsp3) is 0.412. The number of esters is 1. The summed E-state index contributed by atoms with van der Waals surface area (Å²) in [5, 5.41) is 2.49. The number of rotatable bonds is 4. The molecule has 22 heavy (non-hydrogen) atoms. The van der Waals surface area contributed by atoms with E-state index in [9.17, 15) is 9.59 Å². The zero-order valence-electron chi connectivity index (χ0n) is 13.1. The van der Waals surface area contributed by atoms with Crippen molar-refractivity contribution in [2.24, 2.45) is 0 Å². The molecule has 1 rings (SSSR count). The number of amides is 1. The highest BCUT2D eigenvalue weighted by molar-refractivity contribution is 5.73. The van der Waals surface area contributed by atoms with Gasteiger partial charge in [0.15, 0.2) is 0 Å². The summed E-state index contributed by atoms with van der Waals surface area (Å²) in [7, 11) is 0. The first-order valence-electron chi connectivity index (χ1n) is 6.99. The second kappa shape index (κ2) is 8.73. The van der Waals surface area contributed by atoms with E-state index in [1.807, 2.05) is 30.3 Å². The van der Waals surface area contributed by atoms with E-state index in [4.69, 9.17) is 9.47 Å². The van der Waals surface area contributed by atoms with Crippen LogP contribution in [0.5, 0.6) is 0 Å². The molecule has 0 saturated heterocycles. The van der Waals surface area contributed by atoms with Gasteiger partial charge in [-0.05, 0) is 26.3 Å². The Balaban J connectivity index is 2.18. The van der Waals surface area contributed by atoms with E-state index in [1.54, 1.807) is 20.8 Å². The molecule has 0 radical (unpaired) electrons. The molecule has 0 spiro atoms. The minimum atomic E-state index is -0.546. The van der Waals surface area contributed by atoms with Crippen molar-refractivity contribution in [2.75, 3.05) is 6.54 Å². The number of carbonyl (C=O) groups is 2. The standard InChI is InChI=1S/C17H21NO4/c1-17(2,3)22-15(19)11-7-8-12-18-16(20)21-13-14-9-5-4-6-10-14/h4-6,9-10H,11-13H2,1-3H3,(H,18,20). The molecule has 5 nitrogen and oxygen atoms in total. The summed E-state index contributed by atoms with van der Waals surface area (Å²) in [5.41, 5.74) is 0.395. The molecule has 0 aromatic heterocycles. The number of benzene rings is 1. The molecule has 0 aliphatic rings. The van der Waals surface area contributed by atoms with E-state index < -0.39 is 11.7 Å². The second-order valence-corrected chi connectivity index (χ2v) is 5.53. The van der Waals surface area contributed by atoms with E-state index in [-0.39, 0.29) is 25.5 Å². The Bertz CT molecular complexity index is 550. The molecule has 0 atom stereocenters. The van der Waals surface area contributed by atoms with Gasteiger partial charge in [0.25, 0.3) is 0 Å². The molecule has 1 aromatic rings. The molecule has 0 fully saturated rings. The lowest BCUT2D eigenvalue weighted by molar-refractivity contribution is -0.153. The predicted molar refractivity (Wildman–Crippen MR) is 82.9 cm³/mol. The maximum Gasteiger partial charge on any atom is 0.408 e. The van der Waals surface area contributed by atoms with Crippen molar-refractivity contribution in [2.45, 2.75) is 39.4 Å². The Morgan fingerprint density at radius 2 is 1.82 bits per heavy atom. The van der Waals surface area contributed by atoms with E-state index in [0.29, 0.717) is 0 Å². The second-order valence-electron chi connectivity index (χ2n) is 5.53. The predicted octanol–water partition coefficient (Wildman–Crippen LogP) is 2.65. The molecular formula is C17H21NO4. The molecular weight excluding hydrogens is 282 g/mol. The average Bonchev–Trinajstić information content (AvgIpc) is 2.44. The number of hydrogen-bond donors (Lipinski definition) is 1. The lowest BCUT2D eigenvalue weighted by Crippen LogP contribution is -2.24. The Morgan fingerprint density at radius 1 is 1.14 bits per heavy atom. The van der Waals surface area contributed by atoms with Crippen molar-refractivity contribution < 1.29 is 19.1 Å². The molecule has 0 saturated carbocycles. The van der Waals surface area contributed by atoms with E-state index in [2.05, 4.69) is 17.2 Å². The molecule has 1 N–H and O–H groups in total. The van der Waals surface area contributed by atoms with E-state index in [0.717, 1.165) is 5.56 Å². The Labute approximate surface area is 131 Å². The van der Waals surface area contributed by atoms with Crippen LogP contribution in [0.15, 0.2) is 30.3 Å². The van der Waals surface area contributed by atoms with Crippen molar-refractivity contribution in [1.82, 2.24) is 5.32 Å². The lowest BCUT2D eigenvalue weighted by Gasteiger charge is -2.18. The van der Waals surface area contributed by atoms with Crippen molar-refractivity contribution in [1.29, 1.82) is 0 Å². The van der Waals surface area contributed by atoms with Gasteiger partial charge in [0.1, 0.15) is 18.6 Å². The van der Waals surface area contributed by atoms with Crippen LogP contribution in [-0.4, -0.2) is 24.2 Å². The fourth-order valence-corrected chi connectivity index (χ4v) is 1.47. The first-order valence-corrected chi connectivity index (χ1v) is 6.99. The Kier molecular flexibility index (Phi) is 6.97. The summed E-state index contributed by atoms with van der Waals surface area (Å²) in [6.45, 7) is 5.71. The number of carbonyl (C=O) groups excluding carboxylic acids is 2. The molecule has 118 valence electrons. The van der Waals surface area contributed by atoms with Crippen LogP contribution in [-0.2, 0) is 20.9 Å². The van der Waals surface area contributed by atoms with Crippen LogP contribution in [0.25, 0.3) is 0 Å². The van der Waals surface area contributed by atoms with Gasteiger partial charge in [0.2, 0.25) is 0 Å². The summed E-state index contributed by atoms with van der Waals surface area (Å²) in [6, 6.07) is 9.38. The van der Waals surface area contributed by atoms with Gasteiger partial charge >= 0.3 is 12.1 Å². The van der Waals surface area contributed by atoms with Crippen molar-refractivity contribution in [3.05, 3.63) is 35.9 Å². The molecule has 0 aliphatic carbocycles. The first kappa shape index (κ1) is 17.6. The third-order valence-corrected chi connectivity index (χ3v) is 2.31. The van der Waals surface area contributed by atoms with Crippen LogP contribution >= 0.6 is 0 Å². The van der Waals surface area contributed by atoms with Gasteiger partial charge in [-0.25, -0.2) is 4.79 Å². The van der Waals surface area contributed by atoms with Crippen molar-refractivity contribution >= 4 is 12.1 Å². The third-order valence-electron chi connectivity index (χ3n) is 2.31. The quantitative estimate of drug-likeness (QED) is 0.686. The number of ether oxygens (including phenoxy) is 2. The van der Waals surface area contributed by atoms with Crippen LogP contribution in [0.2, 0.25) is 0 Å². The smallest absolute Gasteiger partial charge is 0.408 e. The van der Waals surface area contributed by atoms with Crippen LogP contribution in [0, 0.1) is 11.8 Å². The topological polar surface area (TPSA) is 64.6 Å². The van der Waals surface area contributed by atoms with Crippen LogP contribution in [0.4, 0.5) is 4.79 Å². The molecule has 0 heterocycles. The van der Waals surface area contributed by atoms with Gasteiger partial charge in [-0.3, -0.25) is 4.79 Å². The minimum absolute atomic E-state index is 0.00197. The highest BCUT2D eigenvalue weighted by Crippen LogP contribution is 2.07. The molecule has 0 unspecified atom stereocenters. The third kappa shape index (κ3) is 8.64. The summed E-state index contributed by atoms with van der Waals surface area (Å²) in [4.78, 5) is 22.8. The minimum Gasteiger partial charge on any atom is -0.459 e. The van der Waals surface area contributed by atoms with Gasteiger partial charge in [0, 0.05) is 0 Å². The normalized spacial score (nSPS) is 10.1. The Morgan fingerprint density at radius 3 is 2.45 bits per heavy atom. The monoisotopic (exact) mass is 303 g/mol. The summed E-state index contributed by atoms with van der Waals surface area (Å²) in [5.74, 6) is 4.93. The van der Waals surface area contributed by atoms with Gasteiger partial charge in [-0.1, -0.05) is 42.2 Å². The van der Waals surface area contributed by atoms with E-state index >= 15 is 0 Å². The van der Waals surface area contributed by atoms with Crippen LogP contribution in [0.3, 0.4) is 0 Å². The van der Waals surface area contributed by atoms with Gasteiger partial charge in [-0.2, -0.15) is 0 Å². The fourth-order valence-electron chi connectivity index (χ4n) is 1.47. The first-order chi connectivity index (χ1) is 10.4. The van der Waals surface area contributed by atoms with Crippen LogP contribution < -0.4 is 5.32 Å². The zero-order valence-corrected chi connectivity index (χ0v) is 13.1. The molecule has 1 amide bonds. The van der Waals surface area contributed by atoms with Gasteiger partial charge in [0.05, 0.1) is 6.54 Å². The summed E-state index contributed by atoms with van der Waals surface area (Å²) >= 11 is 0. The number of hydrogen-bond acceptors (Lipinski definition) is 4.